The van der Waals surface area contributed by atoms with Crippen molar-refractivity contribution < 1.29 is 19.2 Å². The molecule has 2 heterocycles. The number of nitrogens with one attached hydrogen (secondary N) is 2. The first-order valence-electron chi connectivity index (χ1n) is 6.72. The third kappa shape index (κ3) is 2.82. The Balaban J connectivity index is 1.57. The van der Waals surface area contributed by atoms with Crippen molar-refractivity contribution in [2.45, 2.75) is 6.42 Å². The number of rotatable bonds is 4. The van der Waals surface area contributed by atoms with Crippen LogP contribution in [-0.4, -0.2) is 46.7 Å². The fourth-order valence-electron chi connectivity index (χ4n) is 2.35. The fourth-order valence-corrected chi connectivity index (χ4v) is 3.10. The van der Waals surface area contributed by atoms with Crippen molar-refractivity contribution in [3.8, 4) is 0 Å². The molecule has 0 aliphatic carbocycles. The Bertz CT molecular complexity index is 673. The summed E-state index contributed by atoms with van der Waals surface area (Å²) >= 11 is 0.968. The van der Waals surface area contributed by atoms with Crippen molar-refractivity contribution in [2.24, 2.45) is 0 Å². The normalized spacial score (nSPS) is 16.7. The zero-order valence-electron chi connectivity index (χ0n) is 11.5. The van der Waals surface area contributed by atoms with Crippen LogP contribution in [0.1, 0.15) is 15.9 Å². The molecule has 0 radical (unpaired) electrons. The predicted molar refractivity (Wildman–Crippen MR) is 80.7 cm³/mol. The van der Waals surface area contributed by atoms with Crippen molar-refractivity contribution in [2.75, 3.05) is 24.2 Å². The van der Waals surface area contributed by atoms with Gasteiger partial charge in [0.15, 0.2) is 0 Å². The van der Waals surface area contributed by atoms with Crippen molar-refractivity contribution in [1.82, 2.24) is 10.2 Å². The van der Waals surface area contributed by atoms with Crippen molar-refractivity contribution in [3.05, 3.63) is 29.3 Å². The van der Waals surface area contributed by atoms with Gasteiger partial charge in [-0.05, 0) is 23.8 Å². The standard InChI is InChI=1S/C14H13N3O4S/c18-11-6-9-5-8(1-2-10(9)16-11)13(20)15-3-4-17-12(19)7-22-14(17)21/h1-2,5H,3-4,6-7H2,(H,15,20)(H,16,18). The maximum absolute atomic E-state index is 12.1. The SMILES string of the molecule is O=C1Cc2cc(C(=O)NCCN3C(=O)CSC3=O)ccc2N1. The molecule has 0 bridgehead atoms. The molecule has 1 aromatic rings. The summed E-state index contributed by atoms with van der Waals surface area (Å²) in [6, 6.07) is 4.99. The number of anilines is 1. The van der Waals surface area contributed by atoms with E-state index in [2.05, 4.69) is 10.6 Å². The van der Waals surface area contributed by atoms with Crippen LogP contribution in [0.25, 0.3) is 0 Å². The largest absolute Gasteiger partial charge is 0.350 e. The number of benzene rings is 1. The van der Waals surface area contributed by atoms with Gasteiger partial charge >= 0.3 is 0 Å². The van der Waals surface area contributed by atoms with E-state index in [1.54, 1.807) is 18.2 Å². The Morgan fingerprint density at radius 1 is 1.32 bits per heavy atom. The zero-order valence-corrected chi connectivity index (χ0v) is 12.4. The highest BCUT2D eigenvalue weighted by Gasteiger charge is 2.29. The van der Waals surface area contributed by atoms with Crippen LogP contribution < -0.4 is 10.6 Å². The number of carbonyl (C=O) groups is 4. The van der Waals surface area contributed by atoms with Gasteiger partial charge in [-0.25, -0.2) is 0 Å². The molecule has 22 heavy (non-hydrogen) atoms. The molecule has 0 unspecified atom stereocenters. The molecular formula is C14H13N3O4S. The molecule has 114 valence electrons. The average Bonchev–Trinajstić information content (AvgIpc) is 3.01. The van der Waals surface area contributed by atoms with E-state index in [0.29, 0.717) is 5.56 Å². The summed E-state index contributed by atoms with van der Waals surface area (Å²) in [4.78, 5) is 47.3. The lowest BCUT2D eigenvalue weighted by Gasteiger charge is -2.13. The van der Waals surface area contributed by atoms with Crippen molar-refractivity contribution in [3.63, 3.8) is 0 Å². The lowest BCUT2D eigenvalue weighted by Crippen LogP contribution is -2.37. The molecule has 0 saturated carbocycles. The Morgan fingerprint density at radius 2 is 2.14 bits per heavy atom. The van der Waals surface area contributed by atoms with E-state index in [-0.39, 0.29) is 48.2 Å². The zero-order chi connectivity index (χ0) is 15.7. The summed E-state index contributed by atoms with van der Waals surface area (Å²) in [5.41, 5.74) is 1.97. The van der Waals surface area contributed by atoms with Crippen LogP contribution in [-0.2, 0) is 16.0 Å². The number of fused-ring (bicyclic) bond motifs is 1. The highest BCUT2D eigenvalue weighted by Crippen LogP contribution is 2.23. The van der Waals surface area contributed by atoms with Crippen LogP contribution in [0.2, 0.25) is 0 Å². The molecule has 0 aromatic heterocycles. The monoisotopic (exact) mass is 319 g/mol. The van der Waals surface area contributed by atoms with Gasteiger partial charge in [-0.1, -0.05) is 11.8 Å². The molecule has 7 nitrogen and oxygen atoms in total. The van der Waals surface area contributed by atoms with Crippen LogP contribution in [0.15, 0.2) is 18.2 Å². The van der Waals surface area contributed by atoms with Gasteiger partial charge in [0, 0.05) is 24.3 Å². The highest BCUT2D eigenvalue weighted by molar-refractivity contribution is 8.14. The lowest BCUT2D eigenvalue weighted by atomic mass is 10.1. The van der Waals surface area contributed by atoms with E-state index < -0.39 is 0 Å². The molecule has 1 fully saturated rings. The van der Waals surface area contributed by atoms with E-state index in [0.717, 1.165) is 27.9 Å². The second kappa shape index (κ2) is 5.80. The minimum atomic E-state index is -0.297. The van der Waals surface area contributed by atoms with Crippen LogP contribution >= 0.6 is 11.8 Å². The molecule has 3 rings (SSSR count). The smallest absolute Gasteiger partial charge is 0.288 e. The van der Waals surface area contributed by atoms with E-state index in [1.165, 1.54) is 0 Å². The molecule has 1 aromatic carbocycles. The number of thioether (sulfide) groups is 1. The minimum absolute atomic E-state index is 0.0869. The number of amides is 4. The Morgan fingerprint density at radius 3 is 2.86 bits per heavy atom. The maximum atomic E-state index is 12.1. The van der Waals surface area contributed by atoms with Gasteiger partial charge in [0.25, 0.3) is 11.1 Å². The van der Waals surface area contributed by atoms with E-state index in [1.807, 2.05) is 0 Å². The molecule has 8 heteroatoms. The van der Waals surface area contributed by atoms with Crippen molar-refractivity contribution in [1.29, 1.82) is 0 Å². The highest BCUT2D eigenvalue weighted by atomic mass is 32.2. The Kier molecular flexibility index (Phi) is 3.84. The van der Waals surface area contributed by atoms with Gasteiger partial charge in [-0.2, -0.15) is 0 Å². The van der Waals surface area contributed by atoms with Gasteiger partial charge in [0.2, 0.25) is 11.8 Å². The average molecular weight is 319 g/mol. The first-order valence-corrected chi connectivity index (χ1v) is 7.71. The van der Waals surface area contributed by atoms with Gasteiger partial charge in [-0.15, -0.1) is 0 Å². The number of imide groups is 1. The van der Waals surface area contributed by atoms with E-state index >= 15 is 0 Å². The third-order valence-electron chi connectivity index (χ3n) is 3.45. The van der Waals surface area contributed by atoms with Crippen LogP contribution in [0.5, 0.6) is 0 Å². The second-order valence-corrected chi connectivity index (χ2v) is 5.88. The summed E-state index contributed by atoms with van der Waals surface area (Å²) < 4.78 is 0. The number of hydrogen-bond acceptors (Lipinski definition) is 5. The predicted octanol–water partition coefficient (Wildman–Crippen LogP) is 0.606. The van der Waals surface area contributed by atoms with Gasteiger partial charge in [0.1, 0.15) is 0 Å². The molecule has 0 atom stereocenters. The first kappa shape index (κ1) is 14.6. The molecule has 1 saturated heterocycles. The summed E-state index contributed by atoms with van der Waals surface area (Å²) in [6.45, 7) is 0.368. The fraction of sp³-hybridized carbons (Fsp3) is 0.286. The Labute approximate surface area is 130 Å². The molecule has 0 spiro atoms. The Hall–Kier alpha value is -2.35. The molecule has 2 aliphatic rings. The van der Waals surface area contributed by atoms with Crippen LogP contribution in [0, 0.1) is 0 Å². The number of hydrogen-bond donors (Lipinski definition) is 2. The first-order chi connectivity index (χ1) is 10.5. The van der Waals surface area contributed by atoms with E-state index in [4.69, 9.17) is 0 Å². The minimum Gasteiger partial charge on any atom is -0.350 e. The summed E-state index contributed by atoms with van der Waals surface area (Å²) in [6.07, 6.45) is 0.268. The summed E-state index contributed by atoms with van der Waals surface area (Å²) in [7, 11) is 0. The van der Waals surface area contributed by atoms with E-state index in [9.17, 15) is 19.2 Å². The maximum Gasteiger partial charge on any atom is 0.288 e. The van der Waals surface area contributed by atoms with Gasteiger partial charge in [-0.3, -0.25) is 24.1 Å². The van der Waals surface area contributed by atoms with Crippen LogP contribution in [0.4, 0.5) is 10.5 Å². The topological polar surface area (TPSA) is 95.6 Å². The summed E-state index contributed by atoms with van der Waals surface area (Å²) in [5.74, 6) is -0.449. The van der Waals surface area contributed by atoms with Crippen LogP contribution in [0.3, 0.4) is 0 Å². The third-order valence-corrected chi connectivity index (χ3v) is 4.31. The summed E-state index contributed by atoms with van der Waals surface area (Å²) in [5, 5.41) is 5.09. The van der Waals surface area contributed by atoms with Crippen molar-refractivity contribution >= 4 is 40.4 Å². The molecule has 2 N–H and O–H groups in total. The molecule has 2 aliphatic heterocycles. The number of nitrogens with zero attached hydrogens (tertiary/aromatic N) is 1. The van der Waals surface area contributed by atoms with Gasteiger partial charge < -0.3 is 10.6 Å². The second-order valence-electron chi connectivity index (χ2n) is 4.95. The number of carbonyl (C=O) groups excluding carboxylic acids is 4. The van der Waals surface area contributed by atoms with Gasteiger partial charge in [0.05, 0.1) is 12.2 Å². The molecular weight excluding hydrogens is 306 g/mol. The molecule has 4 amide bonds. The lowest BCUT2D eigenvalue weighted by molar-refractivity contribution is -0.124. The quantitative estimate of drug-likeness (QED) is 0.847.